The van der Waals surface area contributed by atoms with Crippen LogP contribution in [0.3, 0.4) is 0 Å². The van der Waals surface area contributed by atoms with Crippen LogP contribution in [0, 0.1) is 0 Å². The number of esters is 1. The number of alkyl halides is 3. The zero-order chi connectivity index (χ0) is 21.9. The predicted octanol–water partition coefficient (Wildman–Crippen LogP) is 4.31. The number of ether oxygens (including phenoxy) is 2. The first-order valence-corrected chi connectivity index (χ1v) is 10.9. The van der Waals surface area contributed by atoms with Crippen LogP contribution in [-0.4, -0.2) is 33.6 Å². The number of hydrogen-bond donors (Lipinski definition) is 0. The van der Waals surface area contributed by atoms with Gasteiger partial charge in [-0.15, -0.1) is 24.5 Å². The molecule has 0 unspecified atom stereocenters. The van der Waals surface area contributed by atoms with Gasteiger partial charge in [-0.3, -0.25) is 9.10 Å². The molecule has 3 aromatic rings. The van der Waals surface area contributed by atoms with E-state index in [1.54, 1.807) is 6.07 Å². The normalized spacial score (nSPS) is 12.0. The van der Waals surface area contributed by atoms with Crippen molar-refractivity contribution >= 4 is 42.4 Å². The molecule has 2 aromatic carbocycles. The molecular weight excluding hydrogens is 443 g/mol. The van der Waals surface area contributed by atoms with Crippen molar-refractivity contribution in [2.75, 3.05) is 17.2 Å². The summed E-state index contributed by atoms with van der Waals surface area (Å²) in [5.74, 6) is -2.21. The molecule has 1 aromatic heterocycles. The molecule has 0 aliphatic carbocycles. The Morgan fingerprint density at radius 2 is 1.77 bits per heavy atom. The highest BCUT2D eigenvalue weighted by Crippen LogP contribution is 2.35. The van der Waals surface area contributed by atoms with Crippen molar-refractivity contribution in [2.24, 2.45) is 0 Å². The van der Waals surface area contributed by atoms with E-state index in [0.29, 0.717) is 10.6 Å². The maximum atomic E-state index is 12.9. The molecule has 6 nitrogen and oxygen atoms in total. The average molecular weight is 459 g/mol. The summed E-state index contributed by atoms with van der Waals surface area (Å²) in [5.41, 5.74) is 0.412. The number of carbonyl (C=O) groups excluding carboxylic acids is 1. The van der Waals surface area contributed by atoms with E-state index in [1.165, 1.54) is 23.5 Å². The van der Waals surface area contributed by atoms with E-state index in [0.717, 1.165) is 33.6 Å². The number of benzene rings is 2. The van der Waals surface area contributed by atoms with E-state index in [2.05, 4.69) is 9.47 Å². The molecule has 11 heteroatoms. The summed E-state index contributed by atoms with van der Waals surface area (Å²) in [6.07, 6.45) is -4.82. The van der Waals surface area contributed by atoms with Crippen molar-refractivity contribution in [3.8, 4) is 5.75 Å². The first-order chi connectivity index (χ1) is 14.1. The molecule has 0 atom stereocenters. The summed E-state index contributed by atoms with van der Waals surface area (Å²) in [6.45, 7) is -0.182. The SMILES string of the molecule is COC(=O)CS(=O)(=O)N(Cc1ccc(OC(F)(F)F)cc1)c1cc2ccccc2s1. The highest BCUT2D eigenvalue weighted by molar-refractivity contribution is 7.93. The Bertz CT molecular complexity index is 1110. The quantitative estimate of drug-likeness (QED) is 0.493. The van der Waals surface area contributed by atoms with Gasteiger partial charge in [0.25, 0.3) is 0 Å². The maximum Gasteiger partial charge on any atom is 0.573 e. The highest BCUT2D eigenvalue weighted by Gasteiger charge is 2.31. The minimum absolute atomic E-state index is 0.182. The molecule has 0 saturated heterocycles. The largest absolute Gasteiger partial charge is 0.573 e. The number of thiophene rings is 1. The summed E-state index contributed by atoms with van der Waals surface area (Å²) < 4.78 is 73.0. The summed E-state index contributed by atoms with van der Waals surface area (Å²) in [5, 5.41) is 1.19. The van der Waals surface area contributed by atoms with Crippen LogP contribution in [0.25, 0.3) is 10.1 Å². The van der Waals surface area contributed by atoms with Crippen molar-refractivity contribution in [1.82, 2.24) is 0 Å². The second-order valence-corrected chi connectivity index (χ2v) is 9.11. The van der Waals surface area contributed by atoms with E-state index in [1.807, 2.05) is 24.3 Å². The Balaban J connectivity index is 1.94. The Morgan fingerprint density at radius 1 is 1.10 bits per heavy atom. The molecule has 160 valence electrons. The number of sulfonamides is 1. The molecule has 3 rings (SSSR count). The van der Waals surface area contributed by atoms with Crippen LogP contribution >= 0.6 is 11.3 Å². The van der Waals surface area contributed by atoms with Crippen LogP contribution in [0.2, 0.25) is 0 Å². The highest BCUT2D eigenvalue weighted by atomic mass is 32.2. The van der Waals surface area contributed by atoms with Crippen LogP contribution in [0.1, 0.15) is 5.56 Å². The lowest BCUT2D eigenvalue weighted by Gasteiger charge is -2.22. The predicted molar refractivity (Wildman–Crippen MR) is 107 cm³/mol. The second kappa shape index (κ2) is 8.52. The van der Waals surface area contributed by atoms with E-state index in [9.17, 15) is 26.4 Å². The smallest absolute Gasteiger partial charge is 0.468 e. The number of anilines is 1. The van der Waals surface area contributed by atoms with Crippen molar-refractivity contribution in [1.29, 1.82) is 0 Å². The van der Waals surface area contributed by atoms with Crippen molar-refractivity contribution in [3.05, 3.63) is 60.2 Å². The summed E-state index contributed by atoms with van der Waals surface area (Å²) >= 11 is 1.22. The summed E-state index contributed by atoms with van der Waals surface area (Å²) in [6, 6.07) is 13.8. The monoisotopic (exact) mass is 459 g/mol. The first-order valence-electron chi connectivity index (χ1n) is 8.48. The number of nitrogens with zero attached hydrogens (tertiary/aromatic N) is 1. The van der Waals surface area contributed by atoms with Gasteiger partial charge >= 0.3 is 12.3 Å². The minimum atomic E-state index is -4.82. The lowest BCUT2D eigenvalue weighted by molar-refractivity contribution is -0.274. The third-order valence-electron chi connectivity index (χ3n) is 4.01. The lowest BCUT2D eigenvalue weighted by atomic mass is 10.2. The standard InChI is InChI=1S/C19H16F3NO5S2/c1-27-18(24)12-30(25,26)23(17-10-14-4-2-3-5-16(14)29-17)11-13-6-8-15(9-7-13)28-19(20,21)22/h2-10H,11-12H2,1H3. The van der Waals surface area contributed by atoms with Gasteiger partial charge in [0.15, 0.2) is 5.75 Å². The summed E-state index contributed by atoms with van der Waals surface area (Å²) in [7, 11) is -3.03. The Kier molecular flexibility index (Phi) is 6.22. The average Bonchev–Trinajstić information content (AvgIpc) is 3.09. The molecule has 0 amide bonds. The topological polar surface area (TPSA) is 72.9 Å². The van der Waals surface area contributed by atoms with Gasteiger partial charge in [-0.25, -0.2) is 8.42 Å². The number of fused-ring (bicyclic) bond motifs is 1. The van der Waals surface area contributed by atoms with Gasteiger partial charge in [0.05, 0.1) is 13.7 Å². The maximum absolute atomic E-state index is 12.9. The number of methoxy groups -OCH3 is 1. The van der Waals surface area contributed by atoms with E-state index < -0.39 is 33.9 Å². The molecule has 0 radical (unpaired) electrons. The summed E-state index contributed by atoms with van der Waals surface area (Å²) in [4.78, 5) is 11.6. The molecule has 0 aliphatic heterocycles. The van der Waals surface area contributed by atoms with Gasteiger partial charge in [0.2, 0.25) is 10.0 Å². The Morgan fingerprint density at radius 3 is 2.37 bits per heavy atom. The molecule has 0 aliphatic rings. The van der Waals surface area contributed by atoms with E-state index in [4.69, 9.17) is 0 Å². The van der Waals surface area contributed by atoms with Crippen LogP contribution in [0.5, 0.6) is 5.75 Å². The van der Waals surface area contributed by atoms with E-state index in [-0.39, 0.29) is 6.54 Å². The van der Waals surface area contributed by atoms with Crippen LogP contribution in [-0.2, 0) is 26.1 Å². The second-order valence-electron chi connectivity index (χ2n) is 6.15. The first kappa shape index (κ1) is 21.9. The fourth-order valence-corrected chi connectivity index (χ4v) is 5.32. The molecular formula is C19H16F3NO5S2. The lowest BCUT2D eigenvalue weighted by Crippen LogP contribution is -2.35. The zero-order valence-corrected chi connectivity index (χ0v) is 17.2. The van der Waals surface area contributed by atoms with E-state index >= 15 is 0 Å². The van der Waals surface area contributed by atoms with Gasteiger partial charge in [-0.05, 0) is 35.2 Å². The fraction of sp³-hybridized carbons (Fsp3) is 0.211. The zero-order valence-electron chi connectivity index (χ0n) is 15.5. The minimum Gasteiger partial charge on any atom is -0.468 e. The van der Waals surface area contributed by atoms with Gasteiger partial charge in [0.1, 0.15) is 10.8 Å². The van der Waals surface area contributed by atoms with Gasteiger partial charge in [-0.2, -0.15) is 0 Å². The van der Waals surface area contributed by atoms with Gasteiger partial charge in [-0.1, -0.05) is 30.3 Å². The molecule has 0 bridgehead atoms. The molecule has 30 heavy (non-hydrogen) atoms. The number of carbonyl (C=O) groups is 1. The van der Waals surface area contributed by atoms with Gasteiger partial charge in [0, 0.05) is 4.70 Å². The van der Waals surface area contributed by atoms with Crippen LogP contribution in [0.4, 0.5) is 18.2 Å². The van der Waals surface area contributed by atoms with Crippen LogP contribution < -0.4 is 9.04 Å². The van der Waals surface area contributed by atoms with Crippen LogP contribution in [0.15, 0.2) is 54.6 Å². The molecule has 0 N–H and O–H groups in total. The molecule has 0 spiro atoms. The van der Waals surface area contributed by atoms with Crippen molar-refractivity contribution in [3.63, 3.8) is 0 Å². The number of rotatable bonds is 7. The molecule has 1 heterocycles. The Hall–Kier alpha value is -2.79. The molecule has 0 saturated carbocycles. The fourth-order valence-electron chi connectivity index (χ4n) is 2.65. The van der Waals surface area contributed by atoms with Gasteiger partial charge < -0.3 is 9.47 Å². The third-order valence-corrected chi connectivity index (χ3v) is 6.86. The number of hydrogen-bond acceptors (Lipinski definition) is 6. The molecule has 0 fully saturated rings. The third kappa shape index (κ3) is 5.42. The Labute approximate surface area is 174 Å². The van der Waals surface area contributed by atoms with Crippen molar-refractivity contribution < 1.29 is 35.9 Å². The van der Waals surface area contributed by atoms with Crippen molar-refractivity contribution in [2.45, 2.75) is 12.9 Å². The number of halogens is 3.